The first-order valence-electron chi connectivity index (χ1n) is 10.6. The fourth-order valence-corrected chi connectivity index (χ4v) is 4.67. The number of hydrogen-bond donors (Lipinski definition) is 1. The van der Waals surface area contributed by atoms with Gasteiger partial charge in [-0.25, -0.2) is 4.98 Å². The summed E-state index contributed by atoms with van der Waals surface area (Å²) >= 11 is 0. The highest BCUT2D eigenvalue weighted by atomic mass is 16.2. The lowest BCUT2D eigenvalue weighted by Gasteiger charge is -2.36. The van der Waals surface area contributed by atoms with Crippen LogP contribution in [0, 0.1) is 12.8 Å². The highest BCUT2D eigenvalue weighted by molar-refractivity contribution is 5.79. The van der Waals surface area contributed by atoms with Gasteiger partial charge in [0.15, 0.2) is 0 Å². The first kappa shape index (κ1) is 18.9. The molecule has 3 heterocycles. The van der Waals surface area contributed by atoms with Crippen LogP contribution < -0.4 is 5.73 Å². The van der Waals surface area contributed by atoms with E-state index in [1.807, 2.05) is 25.3 Å². The van der Waals surface area contributed by atoms with Crippen molar-refractivity contribution in [3.05, 3.63) is 41.9 Å². The van der Waals surface area contributed by atoms with E-state index in [0.29, 0.717) is 17.6 Å². The minimum atomic E-state index is 0.245. The molecule has 2 fully saturated rings. The zero-order valence-electron chi connectivity index (χ0n) is 16.7. The molecule has 0 radical (unpaired) electrons. The zero-order chi connectivity index (χ0) is 19.5. The summed E-state index contributed by atoms with van der Waals surface area (Å²) in [5, 5.41) is 0. The van der Waals surface area contributed by atoms with Gasteiger partial charge in [-0.3, -0.25) is 9.78 Å². The van der Waals surface area contributed by atoms with E-state index in [2.05, 4.69) is 22.0 Å². The highest BCUT2D eigenvalue weighted by Crippen LogP contribution is 2.32. The molecule has 0 spiro atoms. The second kappa shape index (κ2) is 8.29. The van der Waals surface area contributed by atoms with Gasteiger partial charge in [-0.15, -0.1) is 0 Å². The molecule has 4 rings (SSSR count). The molecule has 1 atom stereocenters. The van der Waals surface area contributed by atoms with Crippen LogP contribution in [0.2, 0.25) is 0 Å². The van der Waals surface area contributed by atoms with Crippen molar-refractivity contribution in [3.63, 3.8) is 0 Å². The van der Waals surface area contributed by atoms with Crippen LogP contribution in [0.1, 0.15) is 62.3 Å². The normalized spacial score (nSPS) is 20.9. The second-order valence-electron chi connectivity index (χ2n) is 8.35. The first-order valence-corrected chi connectivity index (χ1v) is 10.6. The van der Waals surface area contributed by atoms with E-state index in [4.69, 9.17) is 10.7 Å². The number of likely N-dealkylation sites (tertiary alicyclic amines) is 1. The third-order valence-electron chi connectivity index (χ3n) is 6.20. The molecule has 1 saturated carbocycles. The van der Waals surface area contributed by atoms with Crippen LogP contribution in [0.5, 0.6) is 0 Å². The molecule has 0 unspecified atom stereocenters. The van der Waals surface area contributed by atoms with Crippen molar-refractivity contribution in [1.82, 2.24) is 14.9 Å². The molecule has 2 aliphatic rings. The number of nitrogens with two attached hydrogens (primary N) is 1. The zero-order valence-corrected chi connectivity index (χ0v) is 16.7. The number of amides is 1. The average molecular weight is 379 g/mol. The van der Waals surface area contributed by atoms with E-state index in [-0.39, 0.29) is 5.92 Å². The maximum absolute atomic E-state index is 13.0. The number of nitrogen functional groups attached to an aromatic ring is 1. The summed E-state index contributed by atoms with van der Waals surface area (Å²) in [7, 11) is 0. The molecule has 0 aromatic carbocycles. The van der Waals surface area contributed by atoms with Crippen LogP contribution in [-0.2, 0) is 4.79 Å². The third kappa shape index (κ3) is 4.18. The van der Waals surface area contributed by atoms with Crippen molar-refractivity contribution in [2.75, 3.05) is 18.8 Å². The monoisotopic (exact) mass is 378 g/mol. The minimum absolute atomic E-state index is 0.245. The van der Waals surface area contributed by atoms with Gasteiger partial charge in [0.05, 0.1) is 0 Å². The van der Waals surface area contributed by atoms with Gasteiger partial charge in [0.2, 0.25) is 5.91 Å². The Morgan fingerprint density at radius 1 is 1.07 bits per heavy atom. The molecular weight excluding hydrogens is 348 g/mol. The van der Waals surface area contributed by atoms with Gasteiger partial charge in [-0.05, 0) is 62.4 Å². The third-order valence-corrected chi connectivity index (χ3v) is 6.20. The van der Waals surface area contributed by atoms with Gasteiger partial charge < -0.3 is 10.6 Å². The summed E-state index contributed by atoms with van der Waals surface area (Å²) in [5.74, 6) is 1.45. The molecule has 1 aliphatic heterocycles. The topological polar surface area (TPSA) is 72.1 Å². The number of nitrogens with zero attached hydrogens (tertiary/aromatic N) is 3. The van der Waals surface area contributed by atoms with Gasteiger partial charge in [-0.1, -0.05) is 19.3 Å². The lowest BCUT2D eigenvalue weighted by molar-refractivity contribution is -0.137. The summed E-state index contributed by atoms with van der Waals surface area (Å²) in [6, 6.07) is 8.08. The number of anilines is 1. The number of rotatable bonds is 3. The number of carbonyl (C=O) groups is 1. The van der Waals surface area contributed by atoms with Gasteiger partial charge >= 0.3 is 0 Å². The predicted molar refractivity (Wildman–Crippen MR) is 112 cm³/mol. The number of aromatic nitrogens is 2. The molecule has 1 saturated heterocycles. The molecule has 148 valence electrons. The highest BCUT2D eigenvalue weighted by Gasteiger charge is 2.30. The summed E-state index contributed by atoms with van der Waals surface area (Å²) in [6.07, 6.45) is 9.77. The van der Waals surface area contributed by atoms with Crippen molar-refractivity contribution in [3.8, 4) is 11.1 Å². The fourth-order valence-electron chi connectivity index (χ4n) is 4.67. The van der Waals surface area contributed by atoms with Crippen LogP contribution in [0.3, 0.4) is 0 Å². The van der Waals surface area contributed by atoms with E-state index in [1.54, 1.807) is 0 Å². The first-order chi connectivity index (χ1) is 13.6. The molecular formula is C23H30N4O. The Morgan fingerprint density at radius 2 is 1.89 bits per heavy atom. The van der Waals surface area contributed by atoms with Gasteiger partial charge in [-0.2, -0.15) is 0 Å². The van der Waals surface area contributed by atoms with Crippen LogP contribution in [-0.4, -0.2) is 33.9 Å². The number of piperidine rings is 1. The quantitative estimate of drug-likeness (QED) is 0.863. The number of pyridine rings is 2. The molecule has 2 aromatic heterocycles. The van der Waals surface area contributed by atoms with E-state index < -0.39 is 0 Å². The number of carbonyl (C=O) groups excluding carboxylic acids is 1. The molecule has 1 amide bonds. The Kier molecular flexibility index (Phi) is 5.60. The average Bonchev–Trinajstić information content (AvgIpc) is 2.74. The van der Waals surface area contributed by atoms with E-state index in [1.165, 1.54) is 19.3 Å². The van der Waals surface area contributed by atoms with E-state index >= 15 is 0 Å². The molecule has 5 nitrogen and oxygen atoms in total. The lowest BCUT2D eigenvalue weighted by atomic mass is 9.86. The molecule has 1 aliphatic carbocycles. The number of aryl methyl sites for hydroxylation is 1. The van der Waals surface area contributed by atoms with Crippen LogP contribution >= 0.6 is 0 Å². The molecule has 5 heteroatoms. The van der Waals surface area contributed by atoms with Crippen LogP contribution in [0.25, 0.3) is 11.1 Å². The maximum atomic E-state index is 13.0. The minimum Gasteiger partial charge on any atom is -0.384 e. The number of hydrogen-bond acceptors (Lipinski definition) is 4. The Bertz CT molecular complexity index is 827. The Morgan fingerprint density at radius 3 is 2.64 bits per heavy atom. The van der Waals surface area contributed by atoms with Gasteiger partial charge in [0, 0.05) is 48.1 Å². The summed E-state index contributed by atoms with van der Waals surface area (Å²) < 4.78 is 0. The summed E-state index contributed by atoms with van der Waals surface area (Å²) in [5.41, 5.74) is 9.98. The van der Waals surface area contributed by atoms with E-state index in [0.717, 1.165) is 61.3 Å². The molecule has 2 N–H and O–H groups in total. The largest absolute Gasteiger partial charge is 0.384 e. The van der Waals surface area contributed by atoms with Crippen LogP contribution in [0.4, 0.5) is 5.82 Å². The van der Waals surface area contributed by atoms with Crippen molar-refractivity contribution < 1.29 is 4.79 Å². The molecule has 28 heavy (non-hydrogen) atoms. The fraction of sp³-hybridized carbons (Fsp3) is 0.522. The Balaban J connectivity index is 1.53. The van der Waals surface area contributed by atoms with Gasteiger partial charge in [0.25, 0.3) is 0 Å². The van der Waals surface area contributed by atoms with Gasteiger partial charge in [0.1, 0.15) is 5.82 Å². The Labute approximate surface area is 167 Å². The van der Waals surface area contributed by atoms with Crippen molar-refractivity contribution in [2.45, 2.75) is 57.8 Å². The molecule has 0 bridgehead atoms. The standard InChI is InChI=1S/C23H30N4O/c1-16-12-20(18-9-10-22(24)25-14-18)13-21(26-16)19-8-5-11-27(15-19)23(28)17-6-3-2-4-7-17/h9-10,12-14,17,19H,2-8,11,15H2,1H3,(H2,24,25)/t19-/m1/s1. The maximum Gasteiger partial charge on any atom is 0.225 e. The van der Waals surface area contributed by atoms with Crippen molar-refractivity contribution in [1.29, 1.82) is 0 Å². The predicted octanol–water partition coefficient (Wildman–Crippen LogP) is 4.32. The smallest absolute Gasteiger partial charge is 0.225 e. The second-order valence-corrected chi connectivity index (χ2v) is 8.35. The van der Waals surface area contributed by atoms with E-state index in [9.17, 15) is 4.79 Å². The van der Waals surface area contributed by atoms with Crippen LogP contribution in [0.15, 0.2) is 30.5 Å². The lowest BCUT2D eigenvalue weighted by Crippen LogP contribution is -2.43. The van der Waals surface area contributed by atoms with Crippen molar-refractivity contribution in [2.24, 2.45) is 5.92 Å². The SMILES string of the molecule is Cc1cc(-c2ccc(N)nc2)cc([C@@H]2CCCN(C(=O)C3CCCCC3)C2)n1. The van der Waals surface area contributed by atoms with Crippen molar-refractivity contribution >= 4 is 11.7 Å². The summed E-state index contributed by atoms with van der Waals surface area (Å²) in [6.45, 7) is 3.73. The Hall–Kier alpha value is -2.43. The molecule has 2 aromatic rings. The summed E-state index contributed by atoms with van der Waals surface area (Å²) in [4.78, 5) is 24.2.